The van der Waals surface area contributed by atoms with E-state index >= 15 is 0 Å². The summed E-state index contributed by atoms with van der Waals surface area (Å²) in [5.41, 5.74) is 1.13. The number of aliphatic hydroxyl groups is 1. The second-order valence-corrected chi connectivity index (χ2v) is 12.1. The summed E-state index contributed by atoms with van der Waals surface area (Å²) in [6.07, 6.45) is 1.20. The smallest absolute Gasteiger partial charge is 0.352 e. The van der Waals surface area contributed by atoms with Crippen molar-refractivity contribution >= 4 is 5.71 Å². The maximum absolute atomic E-state index is 13.7. The summed E-state index contributed by atoms with van der Waals surface area (Å²) in [5, 5.41) is 15.9. The van der Waals surface area contributed by atoms with Gasteiger partial charge in [0.05, 0.1) is 24.6 Å². The zero-order chi connectivity index (χ0) is 32.1. The summed E-state index contributed by atoms with van der Waals surface area (Å²) in [4.78, 5) is 33.1. The Morgan fingerprint density at radius 1 is 0.894 bits per heavy atom. The molecule has 0 unspecified atom stereocenters. The van der Waals surface area contributed by atoms with E-state index in [1.165, 1.54) is 9.36 Å². The van der Waals surface area contributed by atoms with Crippen LogP contribution >= 0.6 is 0 Å². The number of para-hydroxylation sites is 1. The van der Waals surface area contributed by atoms with Gasteiger partial charge in [-0.25, -0.2) is 23.5 Å². The van der Waals surface area contributed by atoms with Crippen molar-refractivity contribution in [3.05, 3.63) is 124 Å². The number of aromatic nitrogens is 3. The fourth-order valence-corrected chi connectivity index (χ4v) is 6.96. The molecule has 0 bridgehead atoms. The van der Waals surface area contributed by atoms with Crippen LogP contribution in [-0.4, -0.2) is 69.0 Å². The van der Waals surface area contributed by atoms with Gasteiger partial charge in [0.2, 0.25) is 0 Å². The second kappa shape index (κ2) is 12.0. The predicted octanol–water partition coefficient (Wildman–Crippen LogP) is 3.03. The SMILES string of the molecule is COc1ccc(O[C@H]2C=C[C@@H](c3ccccc3)O[C@@H]2CO/N=C2/[C@H]3CCn4c(=O)n(-c5ccccc5)c(=O)n4[C@H]3[C@H](O)[C@@H]3O[C@H]23)cc1. The fraction of sp³-hybridized carbons (Fsp3) is 0.343. The summed E-state index contributed by atoms with van der Waals surface area (Å²) in [7, 11) is 1.61. The molecule has 1 N–H and O–H groups in total. The molecule has 8 rings (SSSR count). The van der Waals surface area contributed by atoms with Crippen molar-refractivity contribution in [1.82, 2.24) is 13.9 Å². The first-order valence-corrected chi connectivity index (χ1v) is 15.7. The van der Waals surface area contributed by atoms with Gasteiger partial charge in [0, 0.05) is 12.5 Å². The van der Waals surface area contributed by atoms with Crippen LogP contribution in [0.25, 0.3) is 5.69 Å². The third kappa shape index (κ3) is 5.28. The first kappa shape index (κ1) is 29.5. The standard InChI is InChI=1S/C35H34N4O8/c1-43-23-12-14-24(15-13-23)45-27-17-16-26(21-8-4-2-5-9-21)46-28(27)20-44-36-29-25-18-19-37-34(41)38(22-10-6-3-7-11-22)35(42)39(37)30(25)31(40)33-32(29)47-33/h2-17,25-28,30-33,40H,18-20H2,1H3/b36-29-/t25-,26+,27+,28-,30-,31+,32-,33+/m1/s1. The van der Waals surface area contributed by atoms with E-state index in [4.69, 9.17) is 23.8 Å². The van der Waals surface area contributed by atoms with Crippen molar-refractivity contribution in [2.45, 2.75) is 55.6 Å². The van der Waals surface area contributed by atoms with Crippen LogP contribution in [0.2, 0.25) is 0 Å². The number of hydrogen-bond acceptors (Lipinski definition) is 9. The van der Waals surface area contributed by atoms with E-state index in [-0.39, 0.29) is 25.2 Å². The van der Waals surface area contributed by atoms with Crippen LogP contribution in [0.4, 0.5) is 0 Å². The van der Waals surface area contributed by atoms with Gasteiger partial charge in [-0.15, -0.1) is 0 Å². The Hall–Kier alpha value is -4.91. The van der Waals surface area contributed by atoms with Gasteiger partial charge in [-0.05, 0) is 54.5 Å². The maximum atomic E-state index is 13.7. The lowest BCUT2D eigenvalue weighted by Gasteiger charge is -2.38. The lowest BCUT2D eigenvalue weighted by Crippen LogP contribution is -2.53. The topological polar surface area (TPSA) is 131 Å². The molecular weight excluding hydrogens is 604 g/mol. The molecule has 4 heterocycles. The van der Waals surface area contributed by atoms with E-state index in [0.29, 0.717) is 23.6 Å². The average Bonchev–Trinajstić information content (AvgIpc) is 3.88. The molecular formula is C35H34N4O8. The maximum Gasteiger partial charge on any atom is 0.352 e. The monoisotopic (exact) mass is 638 g/mol. The molecule has 1 saturated carbocycles. The van der Waals surface area contributed by atoms with Gasteiger partial charge in [-0.1, -0.05) is 59.8 Å². The molecule has 0 radical (unpaired) electrons. The van der Waals surface area contributed by atoms with Crippen molar-refractivity contribution in [1.29, 1.82) is 0 Å². The summed E-state index contributed by atoms with van der Waals surface area (Å²) in [6, 6.07) is 25.3. The zero-order valence-corrected chi connectivity index (χ0v) is 25.6. The normalized spacial score (nSPS) is 29.8. The molecule has 2 fully saturated rings. The van der Waals surface area contributed by atoms with Gasteiger partial charge in [-0.3, -0.25) is 0 Å². The molecule has 4 aromatic rings. The average molecular weight is 639 g/mol. The van der Waals surface area contributed by atoms with E-state index in [1.807, 2.05) is 72.8 Å². The molecule has 47 heavy (non-hydrogen) atoms. The Balaban J connectivity index is 1.05. The molecule has 1 saturated heterocycles. The van der Waals surface area contributed by atoms with Crippen LogP contribution in [-0.2, 0) is 20.9 Å². The van der Waals surface area contributed by atoms with Crippen LogP contribution < -0.4 is 20.9 Å². The van der Waals surface area contributed by atoms with Crippen molar-refractivity contribution in [3.63, 3.8) is 0 Å². The molecule has 12 nitrogen and oxygen atoms in total. The number of epoxide rings is 1. The van der Waals surface area contributed by atoms with Gasteiger partial charge in [0.1, 0.15) is 54.7 Å². The highest BCUT2D eigenvalue weighted by molar-refractivity contribution is 5.94. The van der Waals surface area contributed by atoms with Gasteiger partial charge in [0.15, 0.2) is 0 Å². The van der Waals surface area contributed by atoms with Crippen LogP contribution in [0.15, 0.2) is 112 Å². The molecule has 3 aliphatic heterocycles. The molecule has 1 aliphatic carbocycles. The molecule has 12 heteroatoms. The van der Waals surface area contributed by atoms with E-state index in [0.717, 1.165) is 15.9 Å². The minimum absolute atomic E-state index is 0.0738. The quantitative estimate of drug-likeness (QED) is 0.177. The molecule has 3 aromatic carbocycles. The number of fused-ring (bicyclic) bond motifs is 4. The molecule has 242 valence electrons. The fourth-order valence-electron chi connectivity index (χ4n) is 6.96. The minimum Gasteiger partial charge on any atom is -0.497 e. The van der Waals surface area contributed by atoms with Crippen LogP contribution in [0.3, 0.4) is 0 Å². The van der Waals surface area contributed by atoms with Gasteiger partial charge in [0.25, 0.3) is 0 Å². The molecule has 4 aliphatic rings. The van der Waals surface area contributed by atoms with E-state index in [2.05, 4.69) is 5.16 Å². The Bertz CT molecular complexity index is 1920. The van der Waals surface area contributed by atoms with Crippen molar-refractivity contribution in [2.24, 2.45) is 11.1 Å². The van der Waals surface area contributed by atoms with Crippen molar-refractivity contribution < 1.29 is 28.9 Å². The number of hydrogen-bond donors (Lipinski definition) is 1. The van der Waals surface area contributed by atoms with E-state index < -0.39 is 47.9 Å². The number of methoxy groups -OCH3 is 1. The third-order valence-electron chi connectivity index (χ3n) is 9.34. The van der Waals surface area contributed by atoms with Crippen molar-refractivity contribution in [2.75, 3.05) is 13.7 Å². The summed E-state index contributed by atoms with van der Waals surface area (Å²) < 4.78 is 27.8. The Morgan fingerprint density at radius 3 is 2.36 bits per heavy atom. The first-order valence-electron chi connectivity index (χ1n) is 15.7. The Labute approximate surface area is 269 Å². The van der Waals surface area contributed by atoms with Crippen LogP contribution in [0.1, 0.15) is 24.1 Å². The first-order chi connectivity index (χ1) is 23.0. The van der Waals surface area contributed by atoms with Gasteiger partial charge in [-0.2, -0.15) is 0 Å². The minimum atomic E-state index is -0.986. The Morgan fingerprint density at radius 2 is 1.62 bits per heavy atom. The largest absolute Gasteiger partial charge is 0.497 e. The van der Waals surface area contributed by atoms with Crippen LogP contribution in [0.5, 0.6) is 11.5 Å². The summed E-state index contributed by atoms with van der Waals surface area (Å²) >= 11 is 0. The highest BCUT2D eigenvalue weighted by atomic mass is 16.7. The Kier molecular flexibility index (Phi) is 7.55. The molecule has 8 atom stereocenters. The molecule has 0 spiro atoms. The van der Waals surface area contributed by atoms with Gasteiger partial charge >= 0.3 is 11.4 Å². The number of oxime groups is 1. The summed E-state index contributed by atoms with van der Waals surface area (Å²) in [6.45, 7) is 0.357. The lowest BCUT2D eigenvalue weighted by atomic mass is 9.78. The van der Waals surface area contributed by atoms with Crippen molar-refractivity contribution in [3.8, 4) is 17.2 Å². The van der Waals surface area contributed by atoms with Gasteiger partial charge < -0.3 is 28.9 Å². The number of ether oxygens (including phenoxy) is 4. The second-order valence-electron chi connectivity index (χ2n) is 12.1. The number of rotatable bonds is 8. The highest BCUT2D eigenvalue weighted by Gasteiger charge is 2.61. The zero-order valence-electron chi connectivity index (χ0n) is 25.6. The number of aliphatic hydroxyl groups excluding tert-OH is 1. The lowest BCUT2D eigenvalue weighted by molar-refractivity contribution is -0.0882. The van der Waals surface area contributed by atoms with E-state index in [9.17, 15) is 14.7 Å². The number of nitrogens with zero attached hydrogens (tertiary/aromatic N) is 4. The number of benzene rings is 3. The van der Waals surface area contributed by atoms with Crippen LogP contribution in [0, 0.1) is 5.92 Å². The predicted molar refractivity (Wildman–Crippen MR) is 170 cm³/mol. The third-order valence-corrected chi connectivity index (χ3v) is 9.34. The van der Waals surface area contributed by atoms with E-state index in [1.54, 1.807) is 31.4 Å². The summed E-state index contributed by atoms with van der Waals surface area (Å²) in [5.74, 6) is 1.01. The molecule has 1 aromatic heterocycles. The molecule has 0 amide bonds. The highest BCUT2D eigenvalue weighted by Crippen LogP contribution is 2.46.